The fourth-order valence-corrected chi connectivity index (χ4v) is 3.39. The molecule has 1 aromatic heterocycles. The molecule has 0 saturated carbocycles. The smallest absolute Gasteiger partial charge is 0.0824 e. The molecule has 0 aliphatic carbocycles. The Kier molecular flexibility index (Phi) is 5.16. The Bertz CT molecular complexity index is 722. The van der Waals surface area contributed by atoms with Crippen LogP contribution < -0.4 is 0 Å². The van der Waals surface area contributed by atoms with Crippen LogP contribution in [0.5, 0.6) is 0 Å². The molecule has 2 aliphatic rings. The molecule has 0 amide bonds. The summed E-state index contributed by atoms with van der Waals surface area (Å²) >= 11 is 0. The molecular weight excluding hydrogens is 308 g/mol. The summed E-state index contributed by atoms with van der Waals surface area (Å²) < 4.78 is 2.19. The summed E-state index contributed by atoms with van der Waals surface area (Å²) in [6, 6.07) is 5.10. The molecule has 0 fully saturated rings. The van der Waals surface area contributed by atoms with Crippen LogP contribution in [0, 0.1) is 5.92 Å². The molecule has 0 N–H and O–H groups in total. The van der Waals surface area contributed by atoms with Crippen molar-refractivity contribution < 1.29 is 0 Å². The predicted octanol–water partition coefficient (Wildman–Crippen LogP) is 3.59. The van der Waals surface area contributed by atoms with Gasteiger partial charge in [-0.25, -0.2) is 0 Å². The molecule has 0 bridgehead atoms. The molecular formula is C21H30N4. The second kappa shape index (κ2) is 7.34. The zero-order valence-electron chi connectivity index (χ0n) is 16.1. The summed E-state index contributed by atoms with van der Waals surface area (Å²) in [5.41, 5.74) is 3.80. The van der Waals surface area contributed by atoms with E-state index in [2.05, 4.69) is 98.3 Å². The highest BCUT2D eigenvalue weighted by atomic mass is 15.2. The largest absolute Gasteiger partial charge is 0.372 e. The minimum absolute atomic E-state index is 0.219. The maximum absolute atomic E-state index is 4.75. The van der Waals surface area contributed by atoms with Crippen molar-refractivity contribution in [2.24, 2.45) is 18.0 Å². The molecule has 0 aromatic carbocycles. The Balaban J connectivity index is 1.61. The minimum Gasteiger partial charge on any atom is -0.372 e. The van der Waals surface area contributed by atoms with Gasteiger partial charge in [-0.05, 0) is 38.0 Å². The maximum atomic E-state index is 4.75. The van der Waals surface area contributed by atoms with Crippen molar-refractivity contribution in [3.8, 4) is 0 Å². The van der Waals surface area contributed by atoms with Crippen LogP contribution in [0.25, 0.3) is 0 Å². The summed E-state index contributed by atoms with van der Waals surface area (Å²) in [5.74, 6) is 0.404. The van der Waals surface area contributed by atoms with Crippen LogP contribution in [0.3, 0.4) is 0 Å². The van der Waals surface area contributed by atoms with Crippen molar-refractivity contribution in [3.05, 3.63) is 59.8 Å². The predicted molar refractivity (Wildman–Crippen MR) is 105 cm³/mol. The summed E-state index contributed by atoms with van der Waals surface area (Å²) in [4.78, 5) is 9.33. The van der Waals surface area contributed by atoms with Gasteiger partial charge in [0.05, 0.1) is 11.7 Å². The lowest BCUT2D eigenvalue weighted by Gasteiger charge is -2.27. The van der Waals surface area contributed by atoms with E-state index in [0.717, 1.165) is 18.5 Å². The number of rotatable bonds is 5. The number of aryl methyl sites for hydroxylation is 1. The fourth-order valence-electron chi connectivity index (χ4n) is 3.39. The monoisotopic (exact) mass is 338 g/mol. The molecule has 0 spiro atoms. The first-order chi connectivity index (χ1) is 12.0. The number of hydrogen-bond donors (Lipinski definition) is 0. The standard InChI is InChI=1S/C21H30N4/c1-16(13-19-7-6-12-23(19)3)21-15-24(4)20(14-22-21)11-10-18-9-8-17(2)25(18)5/h6-7,9-12,14-17,20H,8,13H2,1-5H3. The van der Waals surface area contributed by atoms with Gasteiger partial charge in [-0.15, -0.1) is 0 Å². The Morgan fingerprint density at radius 1 is 1.32 bits per heavy atom. The van der Waals surface area contributed by atoms with Gasteiger partial charge >= 0.3 is 0 Å². The van der Waals surface area contributed by atoms with E-state index in [1.54, 1.807) is 0 Å². The lowest BCUT2D eigenvalue weighted by molar-refractivity contribution is 0.364. The van der Waals surface area contributed by atoms with Gasteiger partial charge in [-0.2, -0.15) is 0 Å². The molecule has 134 valence electrons. The Morgan fingerprint density at radius 2 is 2.12 bits per heavy atom. The van der Waals surface area contributed by atoms with Gasteiger partial charge in [0.25, 0.3) is 0 Å². The molecule has 3 rings (SSSR count). The lowest BCUT2D eigenvalue weighted by Crippen LogP contribution is -2.30. The first kappa shape index (κ1) is 17.6. The van der Waals surface area contributed by atoms with E-state index in [4.69, 9.17) is 4.99 Å². The molecule has 0 saturated heterocycles. The topological polar surface area (TPSA) is 23.8 Å². The summed E-state index contributed by atoms with van der Waals surface area (Å²) in [6.07, 6.45) is 15.3. The van der Waals surface area contributed by atoms with Crippen LogP contribution in [-0.2, 0) is 13.5 Å². The fraction of sp³-hybridized carbons (Fsp3) is 0.476. The summed E-state index contributed by atoms with van der Waals surface area (Å²) in [6.45, 7) is 4.51. The number of allylic oxidation sites excluding steroid dienone is 2. The Hall–Kier alpha value is -2.23. The molecule has 3 atom stereocenters. The number of nitrogens with zero attached hydrogens (tertiary/aromatic N) is 4. The molecule has 3 heterocycles. The highest BCUT2D eigenvalue weighted by Gasteiger charge is 2.19. The van der Waals surface area contributed by atoms with Crippen molar-refractivity contribution in [2.75, 3.05) is 14.1 Å². The summed E-state index contributed by atoms with van der Waals surface area (Å²) in [7, 11) is 6.39. The molecule has 4 nitrogen and oxygen atoms in total. The van der Waals surface area contributed by atoms with Gasteiger partial charge in [-0.3, -0.25) is 4.99 Å². The van der Waals surface area contributed by atoms with Crippen LogP contribution in [0.2, 0.25) is 0 Å². The average Bonchev–Trinajstić information content (AvgIpc) is 3.13. The van der Waals surface area contributed by atoms with E-state index >= 15 is 0 Å². The summed E-state index contributed by atoms with van der Waals surface area (Å²) in [5, 5.41) is 0. The number of aliphatic imine (C=N–C) groups is 1. The normalized spacial score (nSPS) is 24.8. The van der Waals surface area contributed by atoms with Crippen LogP contribution >= 0.6 is 0 Å². The van der Waals surface area contributed by atoms with Crippen LogP contribution in [0.4, 0.5) is 0 Å². The molecule has 0 radical (unpaired) electrons. The molecule has 2 aliphatic heterocycles. The van der Waals surface area contributed by atoms with E-state index in [-0.39, 0.29) is 6.04 Å². The van der Waals surface area contributed by atoms with E-state index < -0.39 is 0 Å². The quantitative estimate of drug-likeness (QED) is 0.819. The zero-order chi connectivity index (χ0) is 18.0. The molecule has 4 heteroatoms. The molecule has 3 unspecified atom stereocenters. The second-order valence-corrected chi connectivity index (χ2v) is 7.39. The molecule has 25 heavy (non-hydrogen) atoms. The van der Waals surface area contributed by atoms with Crippen molar-refractivity contribution >= 4 is 6.21 Å². The second-order valence-electron chi connectivity index (χ2n) is 7.39. The third-order valence-corrected chi connectivity index (χ3v) is 5.45. The number of hydrogen-bond acceptors (Lipinski definition) is 3. The zero-order valence-corrected chi connectivity index (χ0v) is 16.1. The van der Waals surface area contributed by atoms with E-state index in [1.807, 2.05) is 0 Å². The first-order valence-corrected chi connectivity index (χ1v) is 9.15. The highest BCUT2D eigenvalue weighted by Crippen LogP contribution is 2.23. The Labute approximate surface area is 151 Å². The van der Waals surface area contributed by atoms with E-state index in [1.165, 1.54) is 11.4 Å². The number of likely N-dealkylation sites (N-methyl/N-ethyl adjacent to an activating group) is 2. The van der Waals surface area contributed by atoms with Gasteiger partial charge in [0.15, 0.2) is 0 Å². The third kappa shape index (κ3) is 3.89. The van der Waals surface area contributed by atoms with Crippen LogP contribution in [0.15, 0.2) is 59.1 Å². The van der Waals surface area contributed by atoms with Crippen molar-refractivity contribution in [3.63, 3.8) is 0 Å². The van der Waals surface area contributed by atoms with Crippen molar-refractivity contribution in [1.82, 2.24) is 14.4 Å². The average molecular weight is 338 g/mol. The van der Waals surface area contributed by atoms with Crippen LogP contribution in [-0.4, -0.2) is 46.8 Å². The lowest BCUT2D eigenvalue weighted by atomic mass is 10.0. The van der Waals surface area contributed by atoms with Crippen molar-refractivity contribution in [2.45, 2.75) is 38.8 Å². The van der Waals surface area contributed by atoms with Gasteiger partial charge < -0.3 is 14.4 Å². The first-order valence-electron chi connectivity index (χ1n) is 9.15. The highest BCUT2D eigenvalue weighted by molar-refractivity contribution is 5.70. The minimum atomic E-state index is 0.219. The van der Waals surface area contributed by atoms with Crippen molar-refractivity contribution in [1.29, 1.82) is 0 Å². The van der Waals surface area contributed by atoms with Gasteiger partial charge in [0.1, 0.15) is 0 Å². The Morgan fingerprint density at radius 3 is 2.72 bits per heavy atom. The van der Waals surface area contributed by atoms with E-state index in [9.17, 15) is 0 Å². The van der Waals surface area contributed by atoms with Gasteiger partial charge in [-0.1, -0.05) is 19.1 Å². The molecule has 1 aromatic rings. The number of aromatic nitrogens is 1. The third-order valence-electron chi connectivity index (χ3n) is 5.45. The van der Waals surface area contributed by atoms with E-state index in [0.29, 0.717) is 12.0 Å². The van der Waals surface area contributed by atoms with Crippen LogP contribution in [0.1, 0.15) is 26.0 Å². The SMILES string of the molecule is CC(Cc1cccn1C)C1=CN(C)C(C=CC2=CCC(C)N2C)C=N1. The van der Waals surface area contributed by atoms with Gasteiger partial charge in [0.2, 0.25) is 0 Å². The van der Waals surface area contributed by atoms with Gasteiger partial charge in [0, 0.05) is 63.1 Å². The maximum Gasteiger partial charge on any atom is 0.0824 e.